The lowest BCUT2D eigenvalue weighted by atomic mass is 9.99. The highest BCUT2D eigenvalue weighted by Gasteiger charge is 2.30. The Morgan fingerprint density at radius 3 is 2.47 bits per heavy atom. The van der Waals surface area contributed by atoms with Crippen molar-refractivity contribution in [2.45, 2.75) is 31.6 Å². The van der Waals surface area contributed by atoms with Gasteiger partial charge in [-0.15, -0.1) is 0 Å². The van der Waals surface area contributed by atoms with Crippen LogP contribution in [0.1, 0.15) is 35.8 Å². The quantitative estimate of drug-likeness (QED) is 0.559. The molecular formula is C25H30N4O4S. The zero-order valence-electron chi connectivity index (χ0n) is 19.9. The molecule has 0 aliphatic carbocycles. The molecule has 1 aromatic heterocycles. The summed E-state index contributed by atoms with van der Waals surface area (Å²) in [6, 6.07) is 15.1. The molecule has 1 unspecified atom stereocenters. The number of anilines is 1. The maximum Gasteiger partial charge on any atom is 0.296 e. The summed E-state index contributed by atoms with van der Waals surface area (Å²) >= 11 is 0. The number of rotatable bonds is 5. The van der Waals surface area contributed by atoms with Crippen LogP contribution >= 0.6 is 0 Å². The number of sulfonamides is 1. The van der Waals surface area contributed by atoms with Crippen molar-refractivity contribution in [3.63, 3.8) is 0 Å². The summed E-state index contributed by atoms with van der Waals surface area (Å²) in [6.07, 6.45) is 2.02. The smallest absolute Gasteiger partial charge is 0.296 e. The molecule has 1 aliphatic rings. The van der Waals surface area contributed by atoms with Crippen LogP contribution in [-0.4, -0.2) is 48.7 Å². The van der Waals surface area contributed by atoms with Crippen LogP contribution in [0.25, 0.3) is 5.69 Å². The maximum atomic E-state index is 13.5. The highest BCUT2D eigenvalue weighted by atomic mass is 32.2. The molecule has 8 nitrogen and oxygen atoms in total. The molecule has 180 valence electrons. The lowest BCUT2D eigenvalue weighted by Crippen LogP contribution is -2.39. The third-order valence-electron chi connectivity index (χ3n) is 6.52. The van der Waals surface area contributed by atoms with Crippen LogP contribution in [0.2, 0.25) is 0 Å². The number of amides is 1. The van der Waals surface area contributed by atoms with Gasteiger partial charge in [-0.2, -0.15) is 0 Å². The third kappa shape index (κ3) is 4.16. The Labute approximate surface area is 200 Å². The number of hydrogen-bond acceptors (Lipinski definition) is 4. The van der Waals surface area contributed by atoms with E-state index in [0.717, 1.165) is 17.1 Å². The number of carbonyl (C=O) groups excluding carboxylic acids is 1. The Hall–Kier alpha value is -3.33. The van der Waals surface area contributed by atoms with E-state index in [1.165, 1.54) is 23.9 Å². The van der Waals surface area contributed by atoms with Crippen molar-refractivity contribution in [2.24, 2.45) is 13.0 Å². The molecule has 2 heterocycles. The van der Waals surface area contributed by atoms with Crippen LogP contribution in [-0.2, 0) is 17.1 Å². The van der Waals surface area contributed by atoms with E-state index >= 15 is 0 Å². The minimum Gasteiger partial charge on any atom is -0.338 e. The van der Waals surface area contributed by atoms with Gasteiger partial charge < -0.3 is 4.90 Å². The maximum absolute atomic E-state index is 13.5. The number of nitrogens with zero attached hydrogens (tertiary/aromatic N) is 4. The second kappa shape index (κ2) is 9.13. The molecule has 9 heteroatoms. The van der Waals surface area contributed by atoms with Crippen LogP contribution in [0.5, 0.6) is 0 Å². The number of para-hydroxylation sites is 1. The lowest BCUT2D eigenvalue weighted by Gasteiger charge is -2.31. The van der Waals surface area contributed by atoms with Gasteiger partial charge >= 0.3 is 0 Å². The second-order valence-electron chi connectivity index (χ2n) is 8.91. The van der Waals surface area contributed by atoms with Crippen molar-refractivity contribution in [3.05, 3.63) is 76.2 Å². The van der Waals surface area contributed by atoms with Gasteiger partial charge in [0.05, 0.1) is 16.3 Å². The topological polar surface area (TPSA) is 84.6 Å². The fraction of sp³-hybridized carbons (Fsp3) is 0.360. The molecule has 1 amide bonds. The van der Waals surface area contributed by atoms with Crippen molar-refractivity contribution >= 4 is 21.6 Å². The zero-order chi connectivity index (χ0) is 24.6. The van der Waals surface area contributed by atoms with Crippen molar-refractivity contribution < 1.29 is 13.2 Å². The summed E-state index contributed by atoms with van der Waals surface area (Å²) in [5.74, 6) is 0.247. The molecular weight excluding hydrogens is 452 g/mol. The molecule has 0 spiro atoms. The Bertz CT molecular complexity index is 1380. The monoisotopic (exact) mass is 482 g/mol. The van der Waals surface area contributed by atoms with Gasteiger partial charge in [0, 0.05) is 32.7 Å². The molecule has 1 atom stereocenters. The van der Waals surface area contributed by atoms with E-state index in [9.17, 15) is 18.0 Å². The van der Waals surface area contributed by atoms with Gasteiger partial charge in [0.1, 0.15) is 5.69 Å². The van der Waals surface area contributed by atoms with Crippen LogP contribution in [0.15, 0.2) is 64.3 Å². The molecule has 4 rings (SSSR count). The van der Waals surface area contributed by atoms with E-state index < -0.39 is 15.6 Å². The summed E-state index contributed by atoms with van der Waals surface area (Å²) in [5.41, 5.74) is 1.10. The van der Waals surface area contributed by atoms with Crippen LogP contribution in [0, 0.1) is 12.8 Å². The summed E-state index contributed by atoms with van der Waals surface area (Å²) in [4.78, 5) is 28.1. The average Bonchev–Trinajstić information content (AvgIpc) is 3.06. The Kier molecular flexibility index (Phi) is 6.40. The van der Waals surface area contributed by atoms with E-state index in [-0.39, 0.29) is 16.5 Å². The summed E-state index contributed by atoms with van der Waals surface area (Å²) < 4.78 is 31.2. The van der Waals surface area contributed by atoms with Crippen LogP contribution in [0.4, 0.5) is 5.69 Å². The summed E-state index contributed by atoms with van der Waals surface area (Å²) in [6.45, 7) is 5.15. The van der Waals surface area contributed by atoms with Crippen molar-refractivity contribution in [3.8, 4) is 5.69 Å². The number of benzene rings is 2. The Morgan fingerprint density at radius 1 is 1.09 bits per heavy atom. The zero-order valence-corrected chi connectivity index (χ0v) is 20.7. The highest BCUT2D eigenvalue weighted by molar-refractivity contribution is 7.92. The largest absolute Gasteiger partial charge is 0.338 e. The number of likely N-dealkylation sites (tertiary alicyclic amines) is 1. The van der Waals surface area contributed by atoms with Gasteiger partial charge in [-0.05, 0) is 56.0 Å². The Balaban J connectivity index is 1.71. The first-order valence-electron chi connectivity index (χ1n) is 11.3. The van der Waals surface area contributed by atoms with Crippen LogP contribution in [0.3, 0.4) is 0 Å². The first-order valence-corrected chi connectivity index (χ1v) is 12.8. The van der Waals surface area contributed by atoms with Crippen molar-refractivity contribution in [2.75, 3.05) is 24.4 Å². The SMILES string of the molecule is Cc1c(N(C)S(=O)(=O)c2cccc(C(=O)N3CCCC(C)C3)c2)c(=O)n(-c2ccccc2)n1C. The summed E-state index contributed by atoms with van der Waals surface area (Å²) in [7, 11) is -0.999. The Morgan fingerprint density at radius 2 is 1.79 bits per heavy atom. The minimum absolute atomic E-state index is 0.0279. The molecule has 1 fully saturated rings. The fourth-order valence-electron chi connectivity index (χ4n) is 4.54. The average molecular weight is 483 g/mol. The second-order valence-corrected chi connectivity index (χ2v) is 10.9. The first kappa shape index (κ1) is 23.8. The van der Waals surface area contributed by atoms with E-state index in [1.54, 1.807) is 47.8 Å². The fourth-order valence-corrected chi connectivity index (χ4v) is 5.83. The molecule has 0 saturated carbocycles. The number of hydrogen-bond donors (Lipinski definition) is 0. The minimum atomic E-state index is -4.08. The summed E-state index contributed by atoms with van der Waals surface area (Å²) in [5, 5.41) is 0. The number of piperidine rings is 1. The molecule has 0 N–H and O–H groups in total. The predicted molar refractivity (Wildman–Crippen MR) is 132 cm³/mol. The van der Waals surface area contributed by atoms with Gasteiger partial charge in [-0.25, -0.2) is 13.1 Å². The van der Waals surface area contributed by atoms with E-state index in [4.69, 9.17) is 0 Å². The molecule has 34 heavy (non-hydrogen) atoms. The van der Waals surface area contributed by atoms with Gasteiger partial charge in [-0.3, -0.25) is 18.6 Å². The van der Waals surface area contributed by atoms with Gasteiger partial charge in [0.2, 0.25) is 0 Å². The van der Waals surface area contributed by atoms with Gasteiger partial charge in [0.25, 0.3) is 21.5 Å². The van der Waals surface area contributed by atoms with E-state index in [2.05, 4.69) is 6.92 Å². The molecule has 1 saturated heterocycles. The van der Waals surface area contributed by atoms with E-state index in [1.807, 2.05) is 18.2 Å². The third-order valence-corrected chi connectivity index (χ3v) is 8.28. The molecule has 2 aromatic carbocycles. The molecule has 3 aromatic rings. The van der Waals surface area contributed by atoms with Gasteiger partial charge in [-0.1, -0.05) is 31.2 Å². The number of carbonyl (C=O) groups is 1. The normalized spacial score (nSPS) is 16.5. The molecule has 1 aliphatic heterocycles. The van der Waals surface area contributed by atoms with Crippen LogP contribution < -0.4 is 9.86 Å². The number of aromatic nitrogens is 2. The predicted octanol–water partition coefficient (Wildman–Crippen LogP) is 3.18. The first-order chi connectivity index (χ1) is 16.1. The van der Waals surface area contributed by atoms with Crippen molar-refractivity contribution in [1.29, 1.82) is 0 Å². The highest BCUT2D eigenvalue weighted by Crippen LogP contribution is 2.25. The molecule has 0 bridgehead atoms. The van der Waals surface area contributed by atoms with Crippen molar-refractivity contribution in [1.82, 2.24) is 14.3 Å². The lowest BCUT2D eigenvalue weighted by molar-refractivity contribution is 0.0683. The standard InChI is InChI=1S/C25H30N4O4S/c1-18-10-9-15-28(17-18)24(30)20-11-8-14-22(16-20)34(32,33)27(4)23-19(2)26(3)29(25(23)31)21-12-6-5-7-13-21/h5-8,11-14,16,18H,9-10,15,17H2,1-4H3. The molecule has 0 radical (unpaired) electrons. The van der Waals surface area contributed by atoms with Gasteiger partial charge in [0.15, 0.2) is 0 Å². The van der Waals surface area contributed by atoms with E-state index in [0.29, 0.717) is 36.0 Å².